The number of furan rings is 1. The molecule has 0 atom stereocenters. The van der Waals surface area contributed by atoms with Crippen molar-refractivity contribution in [1.29, 1.82) is 0 Å². The maximum Gasteiger partial charge on any atom is 0.164 e. The molecule has 0 aliphatic rings. The van der Waals surface area contributed by atoms with E-state index in [2.05, 4.69) is 83.1 Å². The van der Waals surface area contributed by atoms with Gasteiger partial charge in [0.2, 0.25) is 0 Å². The van der Waals surface area contributed by atoms with Crippen molar-refractivity contribution in [2.24, 2.45) is 16.7 Å². The Hall–Kier alpha value is -3.60. The van der Waals surface area contributed by atoms with Gasteiger partial charge in [0.1, 0.15) is 17.5 Å². The monoisotopic (exact) mass is 866 g/mol. The Morgan fingerprint density at radius 2 is 1.55 bits per heavy atom. The van der Waals surface area contributed by atoms with Crippen LogP contribution in [-0.4, -0.2) is 20.9 Å². The molecule has 1 N–H and O–H groups in total. The van der Waals surface area contributed by atoms with Gasteiger partial charge < -0.3 is 9.52 Å². The number of aliphatic hydroxyl groups excluding tert-OH is 1. The largest absolute Gasteiger partial charge is 0.512 e. The molecule has 51 heavy (non-hydrogen) atoms. The van der Waals surface area contributed by atoms with Crippen molar-refractivity contribution in [3.05, 3.63) is 96.2 Å². The predicted octanol–water partition coefficient (Wildman–Crippen LogP) is 12.7. The maximum absolute atomic E-state index is 12.2. The van der Waals surface area contributed by atoms with Crippen LogP contribution in [0.25, 0.3) is 44.3 Å². The molecule has 5 rings (SSSR count). The molecule has 3 heterocycles. The van der Waals surface area contributed by atoms with Gasteiger partial charge in [0, 0.05) is 60.7 Å². The molecule has 0 aliphatic heterocycles. The van der Waals surface area contributed by atoms with Crippen molar-refractivity contribution in [2.45, 2.75) is 114 Å². The van der Waals surface area contributed by atoms with Crippen molar-refractivity contribution >= 4 is 27.7 Å². The number of hydrogen-bond donors (Lipinski definition) is 1. The molecule has 0 fully saturated rings. The summed E-state index contributed by atoms with van der Waals surface area (Å²) in [6.07, 6.45) is 11.4. The zero-order chi connectivity index (χ0) is 36.9. The fourth-order valence-electron chi connectivity index (χ4n) is 6.16. The number of pyridine rings is 2. The van der Waals surface area contributed by atoms with Crippen LogP contribution in [0.1, 0.15) is 113 Å². The molecule has 0 saturated carbocycles. The fourth-order valence-corrected chi connectivity index (χ4v) is 6.16. The van der Waals surface area contributed by atoms with Crippen LogP contribution in [0, 0.1) is 22.8 Å². The average Bonchev–Trinajstić information content (AvgIpc) is 3.53. The molecule has 0 bridgehead atoms. The Bertz CT molecular complexity index is 1960. The summed E-state index contributed by atoms with van der Waals surface area (Å²) in [6.45, 7) is 23.3. The van der Waals surface area contributed by atoms with Crippen LogP contribution >= 0.6 is 0 Å². The van der Waals surface area contributed by atoms with Crippen molar-refractivity contribution in [3.8, 4) is 22.4 Å². The van der Waals surface area contributed by atoms with Gasteiger partial charge in [0.25, 0.3) is 0 Å². The van der Waals surface area contributed by atoms with E-state index in [0.717, 1.165) is 71.0 Å². The molecule has 0 unspecified atom stereocenters. The van der Waals surface area contributed by atoms with E-state index in [1.165, 1.54) is 22.6 Å². The number of benzene rings is 2. The average molecular weight is 866 g/mol. The smallest absolute Gasteiger partial charge is 0.164 e. The minimum Gasteiger partial charge on any atom is -0.512 e. The third-order valence-corrected chi connectivity index (χ3v) is 10.6. The molecule has 275 valence electrons. The minimum absolute atomic E-state index is 0. The molecular formula is C45H57IrN2O3-. The molecule has 0 aliphatic carbocycles. The van der Waals surface area contributed by atoms with Gasteiger partial charge >= 0.3 is 0 Å². The summed E-state index contributed by atoms with van der Waals surface area (Å²) in [4.78, 5) is 21.6. The van der Waals surface area contributed by atoms with Crippen LogP contribution in [0.2, 0.25) is 0 Å². The molecule has 5 aromatic rings. The number of hydrogen-bond acceptors (Lipinski definition) is 5. The molecule has 0 spiro atoms. The van der Waals surface area contributed by atoms with Crippen LogP contribution in [0.4, 0.5) is 0 Å². The molecule has 3 aromatic heterocycles. The van der Waals surface area contributed by atoms with E-state index >= 15 is 0 Å². The summed E-state index contributed by atoms with van der Waals surface area (Å²) >= 11 is 0. The zero-order valence-electron chi connectivity index (χ0n) is 32.5. The van der Waals surface area contributed by atoms with Gasteiger partial charge in [0.05, 0.1) is 0 Å². The number of carbonyl (C=O) groups is 1. The topological polar surface area (TPSA) is 76.2 Å². The van der Waals surface area contributed by atoms with E-state index < -0.39 is 0 Å². The quantitative estimate of drug-likeness (QED) is 0.0813. The van der Waals surface area contributed by atoms with Crippen molar-refractivity contribution in [3.63, 3.8) is 0 Å². The number of fused-ring (bicyclic) bond motifs is 2. The summed E-state index contributed by atoms with van der Waals surface area (Å²) in [5.74, 6) is 0.867. The summed E-state index contributed by atoms with van der Waals surface area (Å²) in [5, 5.41) is 12.5. The summed E-state index contributed by atoms with van der Waals surface area (Å²) in [7, 11) is 0. The summed E-state index contributed by atoms with van der Waals surface area (Å²) in [6, 6.07) is 20.5. The summed E-state index contributed by atoms with van der Waals surface area (Å²) in [5.41, 5.74) is 7.56. The van der Waals surface area contributed by atoms with Crippen LogP contribution < -0.4 is 0 Å². The number of aromatic nitrogens is 2. The van der Waals surface area contributed by atoms with Crippen molar-refractivity contribution < 1.29 is 34.4 Å². The molecule has 0 saturated heterocycles. The van der Waals surface area contributed by atoms with Gasteiger partial charge in [-0.3, -0.25) is 14.8 Å². The first kappa shape index (κ1) is 41.8. The minimum atomic E-state index is -0.337. The van der Waals surface area contributed by atoms with E-state index in [4.69, 9.17) is 14.4 Å². The van der Waals surface area contributed by atoms with E-state index in [9.17, 15) is 9.90 Å². The van der Waals surface area contributed by atoms with E-state index in [-0.39, 0.29) is 47.9 Å². The first-order chi connectivity index (χ1) is 23.6. The van der Waals surface area contributed by atoms with Gasteiger partial charge in [-0.2, -0.15) is 0 Å². The molecule has 5 nitrogen and oxygen atoms in total. The first-order valence-corrected chi connectivity index (χ1v) is 18.3. The van der Waals surface area contributed by atoms with Crippen molar-refractivity contribution in [1.82, 2.24) is 9.97 Å². The van der Waals surface area contributed by atoms with E-state index in [1.807, 2.05) is 60.0 Å². The summed E-state index contributed by atoms with van der Waals surface area (Å²) < 4.78 is 5.90. The predicted molar refractivity (Wildman–Crippen MR) is 209 cm³/mol. The molecule has 0 amide bonds. The first-order valence-electron chi connectivity index (χ1n) is 18.3. The number of ketones is 1. The van der Waals surface area contributed by atoms with Crippen LogP contribution in [-0.2, 0) is 36.7 Å². The Morgan fingerprint density at radius 1 is 0.902 bits per heavy atom. The number of carbonyl (C=O) groups excluding carboxylic acids is 1. The van der Waals surface area contributed by atoms with Gasteiger partial charge in [-0.05, 0) is 66.7 Å². The van der Waals surface area contributed by atoms with Crippen LogP contribution in [0.15, 0.2) is 83.4 Å². The standard InChI is InChI=1S/C30H29N2O.C15H28O2.Ir/c1-19(2)12-20-13-28-29(32-17-20)25(18-33-28)22-10-11-31-27(16-22)23-14-21-8-6-7-9-24(21)26(15-23)30(3,4)5;1-7-14(5,8-2)12(16)11-13(17)15(6,9-3)10-4;/h6-11,13,15-19H,12H2,1-5H3;11,16H,7-10H2,1-6H3;/q-1;;/b;12-11-;. The third kappa shape index (κ3) is 9.64. The third-order valence-electron chi connectivity index (χ3n) is 10.6. The van der Waals surface area contributed by atoms with Crippen molar-refractivity contribution in [2.75, 3.05) is 0 Å². The number of aliphatic hydroxyl groups is 1. The molecule has 2 aromatic carbocycles. The number of nitrogens with zero attached hydrogens (tertiary/aromatic N) is 2. The van der Waals surface area contributed by atoms with E-state index in [0.29, 0.717) is 5.92 Å². The number of allylic oxidation sites excluding steroid dienone is 2. The molecule has 1 radical (unpaired) electrons. The SMILES string of the molecule is CC(C)Cc1cnc2c(-c3ccnc(-c4[c-]c5ccccc5c(C(C)(C)C)c4)c3)coc2c1.CCC(C)(CC)C(=O)/C=C(\O)C(C)(CC)CC.[Ir]. The molecular weight excluding hydrogens is 809 g/mol. The van der Waals surface area contributed by atoms with Crippen LogP contribution in [0.5, 0.6) is 0 Å². The second-order valence-corrected chi connectivity index (χ2v) is 15.7. The fraction of sp³-hybridized carbons (Fsp3) is 0.444. The second-order valence-electron chi connectivity index (χ2n) is 15.7. The Morgan fingerprint density at radius 3 is 2.16 bits per heavy atom. The van der Waals surface area contributed by atoms with Crippen LogP contribution in [0.3, 0.4) is 0 Å². The van der Waals surface area contributed by atoms with Gasteiger partial charge in [-0.15, -0.1) is 29.1 Å². The number of rotatable bonds is 11. The van der Waals surface area contributed by atoms with Gasteiger partial charge in [-0.1, -0.05) is 111 Å². The second kappa shape index (κ2) is 17.3. The van der Waals surface area contributed by atoms with Gasteiger partial charge in [0.15, 0.2) is 11.4 Å². The maximum atomic E-state index is 12.2. The van der Waals surface area contributed by atoms with Gasteiger partial charge in [-0.25, -0.2) is 0 Å². The zero-order valence-corrected chi connectivity index (χ0v) is 34.9. The Labute approximate surface area is 319 Å². The normalized spacial score (nSPS) is 12.5. The van der Waals surface area contributed by atoms with E-state index in [1.54, 1.807) is 6.26 Å². The molecule has 6 heteroatoms. The Kier molecular flexibility index (Phi) is 14.2. The Balaban J connectivity index is 0.000000335.